The van der Waals surface area contributed by atoms with Crippen molar-refractivity contribution in [2.24, 2.45) is 0 Å². The number of hydrogen-bond acceptors (Lipinski definition) is 4. The van der Waals surface area contributed by atoms with E-state index in [1.165, 1.54) is 30.5 Å². The van der Waals surface area contributed by atoms with E-state index in [2.05, 4.69) is 35.3 Å². The van der Waals surface area contributed by atoms with E-state index in [0.29, 0.717) is 12.6 Å². The highest BCUT2D eigenvalue weighted by Gasteiger charge is 2.21. The lowest BCUT2D eigenvalue weighted by Gasteiger charge is -2.36. The first kappa shape index (κ1) is 17.1. The maximum Gasteiger partial charge on any atom is 0.142 e. The lowest BCUT2D eigenvalue weighted by atomic mass is 10.0. The van der Waals surface area contributed by atoms with Gasteiger partial charge in [-0.25, -0.2) is 0 Å². The number of rotatable bonds is 8. The van der Waals surface area contributed by atoms with Crippen LogP contribution in [0.4, 0.5) is 5.69 Å². The first-order chi connectivity index (χ1) is 10.8. The van der Waals surface area contributed by atoms with Gasteiger partial charge >= 0.3 is 0 Å². The highest BCUT2D eigenvalue weighted by molar-refractivity contribution is 5.60. The summed E-state index contributed by atoms with van der Waals surface area (Å²) in [4.78, 5) is 2.48. The third kappa shape index (κ3) is 4.62. The Balaban J connectivity index is 2.08. The number of anilines is 1. The van der Waals surface area contributed by atoms with Crippen LogP contribution in [-0.4, -0.2) is 37.5 Å². The number of aliphatic hydroxyl groups is 1. The van der Waals surface area contributed by atoms with Crippen molar-refractivity contribution in [1.82, 2.24) is 5.32 Å². The van der Waals surface area contributed by atoms with Crippen molar-refractivity contribution in [2.75, 3.05) is 31.2 Å². The maximum atomic E-state index is 8.82. The third-order valence-corrected chi connectivity index (χ3v) is 4.28. The number of benzene rings is 1. The fraction of sp³-hybridized carbons (Fsp3) is 0.667. The van der Waals surface area contributed by atoms with Gasteiger partial charge in [-0.15, -0.1) is 0 Å². The van der Waals surface area contributed by atoms with Crippen LogP contribution in [-0.2, 0) is 6.54 Å². The van der Waals surface area contributed by atoms with Crippen molar-refractivity contribution in [3.8, 4) is 5.75 Å². The van der Waals surface area contributed by atoms with Crippen LogP contribution in [0, 0.1) is 0 Å². The van der Waals surface area contributed by atoms with Gasteiger partial charge in [-0.3, -0.25) is 0 Å². The van der Waals surface area contributed by atoms with Crippen LogP contribution in [0.2, 0.25) is 0 Å². The fourth-order valence-electron chi connectivity index (χ4n) is 3.07. The van der Waals surface area contributed by atoms with Crippen LogP contribution < -0.4 is 15.0 Å². The number of aliphatic hydroxyl groups excluding tert-OH is 1. The minimum absolute atomic E-state index is 0.239. The zero-order valence-corrected chi connectivity index (χ0v) is 14.0. The van der Waals surface area contributed by atoms with E-state index in [4.69, 9.17) is 9.84 Å². The van der Waals surface area contributed by atoms with Gasteiger partial charge < -0.3 is 20.1 Å². The largest absolute Gasteiger partial charge is 0.492 e. The van der Waals surface area contributed by atoms with Crippen LogP contribution in [0.5, 0.6) is 5.75 Å². The van der Waals surface area contributed by atoms with Gasteiger partial charge in [-0.1, -0.05) is 6.07 Å². The molecule has 1 aromatic carbocycles. The van der Waals surface area contributed by atoms with Gasteiger partial charge in [-0.2, -0.15) is 0 Å². The summed E-state index contributed by atoms with van der Waals surface area (Å²) in [5, 5.41) is 12.2. The molecule has 22 heavy (non-hydrogen) atoms. The Morgan fingerprint density at radius 3 is 2.95 bits per heavy atom. The second-order valence-electron chi connectivity index (χ2n) is 6.03. The van der Waals surface area contributed by atoms with Gasteiger partial charge in [0.25, 0.3) is 0 Å². The standard InChI is InChI=1S/C18H30N2O2/c1-3-22-18-13-16(14-19-10-6-12-21)8-9-17(18)20-11-5-4-7-15(20)2/h8-9,13,15,19,21H,3-7,10-12,14H2,1-2H3. The van der Waals surface area contributed by atoms with Gasteiger partial charge in [0.2, 0.25) is 0 Å². The van der Waals surface area contributed by atoms with E-state index < -0.39 is 0 Å². The molecule has 1 atom stereocenters. The van der Waals surface area contributed by atoms with Crippen molar-refractivity contribution < 1.29 is 9.84 Å². The number of nitrogens with one attached hydrogen (secondary N) is 1. The molecule has 124 valence electrons. The summed E-state index contributed by atoms with van der Waals surface area (Å²) in [7, 11) is 0. The van der Waals surface area contributed by atoms with Gasteiger partial charge in [0, 0.05) is 25.7 Å². The lowest BCUT2D eigenvalue weighted by molar-refractivity contribution is 0.286. The first-order valence-corrected chi connectivity index (χ1v) is 8.60. The molecular formula is C18H30N2O2. The summed E-state index contributed by atoms with van der Waals surface area (Å²) in [5.41, 5.74) is 2.46. The molecule has 2 N–H and O–H groups in total. The van der Waals surface area contributed by atoms with E-state index in [-0.39, 0.29) is 6.61 Å². The Kier molecular flexibility index (Phi) is 7.00. The van der Waals surface area contributed by atoms with Gasteiger partial charge in [0.15, 0.2) is 0 Å². The molecule has 2 rings (SSSR count). The molecule has 0 aliphatic carbocycles. The monoisotopic (exact) mass is 306 g/mol. The summed E-state index contributed by atoms with van der Waals surface area (Å²) in [6.45, 7) is 8.05. The van der Waals surface area contributed by atoms with E-state index in [1.807, 2.05) is 6.92 Å². The molecule has 0 spiro atoms. The molecule has 1 heterocycles. The van der Waals surface area contributed by atoms with Crippen molar-refractivity contribution in [1.29, 1.82) is 0 Å². The van der Waals surface area contributed by atoms with E-state index in [9.17, 15) is 0 Å². The summed E-state index contributed by atoms with van der Waals surface area (Å²) in [6.07, 6.45) is 4.65. The molecule has 0 radical (unpaired) electrons. The minimum atomic E-state index is 0.239. The SMILES string of the molecule is CCOc1cc(CNCCCO)ccc1N1CCCCC1C. The third-order valence-electron chi connectivity index (χ3n) is 4.28. The molecule has 0 amide bonds. The zero-order valence-electron chi connectivity index (χ0n) is 14.0. The molecule has 4 nitrogen and oxygen atoms in total. The number of hydrogen-bond donors (Lipinski definition) is 2. The highest BCUT2D eigenvalue weighted by Crippen LogP contribution is 2.34. The summed E-state index contributed by atoms with van der Waals surface area (Å²) >= 11 is 0. The van der Waals surface area contributed by atoms with Gasteiger partial charge in [0.1, 0.15) is 5.75 Å². The van der Waals surface area contributed by atoms with Crippen LogP contribution in [0.15, 0.2) is 18.2 Å². The molecule has 0 aromatic heterocycles. The Morgan fingerprint density at radius 2 is 2.23 bits per heavy atom. The highest BCUT2D eigenvalue weighted by atomic mass is 16.5. The number of piperidine rings is 1. The molecule has 1 aromatic rings. The van der Waals surface area contributed by atoms with Crippen molar-refractivity contribution in [2.45, 2.75) is 52.1 Å². The molecule has 1 fully saturated rings. The van der Waals surface area contributed by atoms with Gasteiger partial charge in [0.05, 0.1) is 12.3 Å². The first-order valence-electron chi connectivity index (χ1n) is 8.60. The van der Waals surface area contributed by atoms with Crippen LogP contribution in [0.3, 0.4) is 0 Å². The van der Waals surface area contributed by atoms with E-state index >= 15 is 0 Å². The fourth-order valence-corrected chi connectivity index (χ4v) is 3.07. The molecule has 1 unspecified atom stereocenters. The Labute approximate surface area is 134 Å². The number of ether oxygens (including phenoxy) is 1. The lowest BCUT2D eigenvalue weighted by Crippen LogP contribution is -2.37. The average molecular weight is 306 g/mol. The Bertz CT molecular complexity index is 451. The minimum Gasteiger partial charge on any atom is -0.492 e. The second kappa shape index (κ2) is 9.01. The summed E-state index contributed by atoms with van der Waals surface area (Å²) in [5.74, 6) is 0.998. The quantitative estimate of drug-likeness (QED) is 0.725. The molecular weight excluding hydrogens is 276 g/mol. The normalized spacial score (nSPS) is 18.5. The summed E-state index contributed by atoms with van der Waals surface area (Å²) < 4.78 is 5.90. The topological polar surface area (TPSA) is 44.7 Å². The molecule has 0 bridgehead atoms. The summed E-state index contributed by atoms with van der Waals surface area (Å²) in [6, 6.07) is 7.13. The van der Waals surface area contributed by atoms with Crippen LogP contribution >= 0.6 is 0 Å². The van der Waals surface area contributed by atoms with Crippen molar-refractivity contribution >= 4 is 5.69 Å². The Morgan fingerprint density at radius 1 is 1.36 bits per heavy atom. The van der Waals surface area contributed by atoms with Crippen molar-refractivity contribution in [3.05, 3.63) is 23.8 Å². The Hall–Kier alpha value is -1.26. The molecule has 1 saturated heterocycles. The predicted molar refractivity (Wildman–Crippen MR) is 91.7 cm³/mol. The molecule has 1 aliphatic rings. The van der Waals surface area contributed by atoms with Crippen molar-refractivity contribution in [3.63, 3.8) is 0 Å². The van der Waals surface area contributed by atoms with E-state index in [1.54, 1.807) is 0 Å². The van der Waals surface area contributed by atoms with Gasteiger partial charge in [-0.05, 0) is 63.8 Å². The van der Waals surface area contributed by atoms with Crippen LogP contribution in [0.25, 0.3) is 0 Å². The molecule has 1 aliphatic heterocycles. The zero-order chi connectivity index (χ0) is 15.8. The molecule has 0 saturated carbocycles. The van der Waals surface area contributed by atoms with E-state index in [0.717, 1.165) is 31.8 Å². The maximum absolute atomic E-state index is 8.82. The second-order valence-corrected chi connectivity index (χ2v) is 6.03. The molecule has 4 heteroatoms. The number of nitrogens with zero attached hydrogens (tertiary/aromatic N) is 1. The predicted octanol–water partition coefficient (Wildman–Crippen LogP) is 2.94. The van der Waals surface area contributed by atoms with Crippen LogP contribution in [0.1, 0.15) is 45.1 Å². The average Bonchev–Trinajstić information content (AvgIpc) is 2.53. The smallest absolute Gasteiger partial charge is 0.142 e.